The Labute approximate surface area is 164 Å². The van der Waals surface area contributed by atoms with Crippen LogP contribution in [0, 0.1) is 0 Å². The Hall–Kier alpha value is -1.85. The van der Waals surface area contributed by atoms with Crippen LogP contribution in [0.2, 0.25) is 0 Å². The van der Waals surface area contributed by atoms with E-state index in [-0.39, 0.29) is 30.3 Å². The van der Waals surface area contributed by atoms with Gasteiger partial charge in [0.15, 0.2) is 0 Å². The van der Waals surface area contributed by atoms with Gasteiger partial charge in [-0.1, -0.05) is 43.3 Å². The third kappa shape index (κ3) is 5.85. The van der Waals surface area contributed by atoms with E-state index >= 15 is 0 Å². The fourth-order valence-electron chi connectivity index (χ4n) is 2.66. The van der Waals surface area contributed by atoms with Crippen molar-refractivity contribution in [3.05, 3.63) is 58.3 Å². The molecule has 1 aromatic heterocycles. The SMILES string of the molecule is CC[C@@H](C)N(CC(=O)N(Cc1ccccc1)Cc1cccs1)C(=O)CCl. The van der Waals surface area contributed by atoms with Crippen molar-refractivity contribution < 1.29 is 9.59 Å². The zero-order chi connectivity index (χ0) is 18.9. The normalized spacial score (nSPS) is 11.8. The maximum Gasteiger partial charge on any atom is 0.242 e. The molecule has 1 aromatic carbocycles. The minimum Gasteiger partial charge on any atom is -0.332 e. The summed E-state index contributed by atoms with van der Waals surface area (Å²) in [5.41, 5.74) is 1.07. The Morgan fingerprint density at radius 1 is 1.08 bits per heavy atom. The van der Waals surface area contributed by atoms with Crippen LogP contribution in [-0.2, 0) is 22.7 Å². The number of hydrogen-bond donors (Lipinski definition) is 0. The van der Waals surface area contributed by atoms with Gasteiger partial charge in [0.1, 0.15) is 12.4 Å². The molecule has 26 heavy (non-hydrogen) atoms. The highest BCUT2D eigenvalue weighted by atomic mass is 35.5. The van der Waals surface area contributed by atoms with Gasteiger partial charge in [0, 0.05) is 17.5 Å². The molecule has 0 aliphatic heterocycles. The number of carbonyl (C=O) groups excluding carboxylic acids is 2. The highest BCUT2D eigenvalue weighted by Crippen LogP contribution is 2.16. The van der Waals surface area contributed by atoms with Crippen molar-refractivity contribution in [2.75, 3.05) is 12.4 Å². The summed E-state index contributed by atoms with van der Waals surface area (Å²) in [6.07, 6.45) is 0.777. The van der Waals surface area contributed by atoms with Crippen LogP contribution in [0.4, 0.5) is 0 Å². The first-order valence-electron chi connectivity index (χ1n) is 8.74. The van der Waals surface area contributed by atoms with Crippen LogP contribution in [0.25, 0.3) is 0 Å². The number of amides is 2. The average Bonchev–Trinajstić information content (AvgIpc) is 3.18. The van der Waals surface area contributed by atoms with Gasteiger partial charge in [0.25, 0.3) is 0 Å². The predicted molar refractivity (Wildman–Crippen MR) is 107 cm³/mol. The standard InChI is InChI=1S/C20H25ClN2O2S/c1-3-16(2)23(19(24)12-21)15-20(25)22(14-18-10-7-11-26-18)13-17-8-5-4-6-9-17/h4-11,16H,3,12-15H2,1-2H3/t16-/m1/s1. The number of benzene rings is 1. The van der Waals surface area contributed by atoms with Crippen LogP contribution in [0.1, 0.15) is 30.7 Å². The van der Waals surface area contributed by atoms with Crippen molar-refractivity contribution in [1.82, 2.24) is 9.80 Å². The predicted octanol–water partition coefficient (Wildman–Crippen LogP) is 4.14. The van der Waals surface area contributed by atoms with Crippen LogP contribution in [0.15, 0.2) is 47.8 Å². The lowest BCUT2D eigenvalue weighted by Crippen LogP contribution is -2.46. The van der Waals surface area contributed by atoms with Crippen LogP contribution < -0.4 is 0 Å². The van der Waals surface area contributed by atoms with E-state index in [1.54, 1.807) is 21.1 Å². The first-order chi connectivity index (χ1) is 12.5. The first-order valence-corrected chi connectivity index (χ1v) is 10.2. The van der Waals surface area contributed by atoms with Gasteiger partial charge in [-0.25, -0.2) is 0 Å². The molecule has 0 spiro atoms. The molecule has 0 N–H and O–H groups in total. The molecular formula is C20H25ClN2O2S. The summed E-state index contributed by atoms with van der Waals surface area (Å²) in [6, 6.07) is 13.9. The maximum absolute atomic E-state index is 13.0. The summed E-state index contributed by atoms with van der Waals surface area (Å²) in [4.78, 5) is 29.7. The van der Waals surface area contributed by atoms with Crippen LogP contribution in [-0.4, -0.2) is 40.1 Å². The minimum atomic E-state index is -0.204. The van der Waals surface area contributed by atoms with Gasteiger partial charge in [-0.15, -0.1) is 22.9 Å². The summed E-state index contributed by atoms with van der Waals surface area (Å²) < 4.78 is 0. The minimum absolute atomic E-state index is 0.0227. The Kier molecular flexibility index (Phi) is 8.13. The van der Waals surface area contributed by atoms with Crippen molar-refractivity contribution in [3.63, 3.8) is 0 Å². The van der Waals surface area contributed by atoms with Crippen molar-refractivity contribution in [1.29, 1.82) is 0 Å². The molecule has 1 heterocycles. The van der Waals surface area contributed by atoms with Crippen molar-refractivity contribution in [3.8, 4) is 0 Å². The van der Waals surface area contributed by atoms with E-state index in [1.807, 2.05) is 61.7 Å². The lowest BCUT2D eigenvalue weighted by molar-refractivity contribution is -0.141. The number of nitrogens with zero attached hydrogens (tertiary/aromatic N) is 2. The van der Waals surface area contributed by atoms with Gasteiger partial charge in [-0.05, 0) is 30.4 Å². The van der Waals surface area contributed by atoms with E-state index < -0.39 is 0 Å². The average molecular weight is 393 g/mol. The molecule has 0 bridgehead atoms. The van der Waals surface area contributed by atoms with Gasteiger partial charge in [-0.3, -0.25) is 9.59 Å². The molecule has 0 aliphatic rings. The lowest BCUT2D eigenvalue weighted by Gasteiger charge is -2.31. The Balaban J connectivity index is 2.16. The van der Waals surface area contributed by atoms with Crippen LogP contribution in [0.5, 0.6) is 0 Å². The van der Waals surface area contributed by atoms with E-state index in [4.69, 9.17) is 11.6 Å². The van der Waals surface area contributed by atoms with E-state index in [9.17, 15) is 9.59 Å². The summed E-state index contributed by atoms with van der Waals surface area (Å²) in [7, 11) is 0. The van der Waals surface area contributed by atoms with Crippen LogP contribution in [0.3, 0.4) is 0 Å². The highest BCUT2D eigenvalue weighted by Gasteiger charge is 2.24. The molecular weight excluding hydrogens is 368 g/mol. The second kappa shape index (κ2) is 10.3. The molecule has 0 unspecified atom stereocenters. The van der Waals surface area contributed by atoms with E-state index in [2.05, 4.69) is 0 Å². The van der Waals surface area contributed by atoms with Gasteiger partial charge in [-0.2, -0.15) is 0 Å². The van der Waals surface area contributed by atoms with Crippen molar-refractivity contribution >= 4 is 34.8 Å². The number of thiophene rings is 1. The van der Waals surface area contributed by atoms with Crippen molar-refractivity contribution in [2.45, 2.75) is 39.4 Å². The van der Waals surface area contributed by atoms with Crippen molar-refractivity contribution in [2.24, 2.45) is 0 Å². The molecule has 0 fully saturated rings. The lowest BCUT2D eigenvalue weighted by atomic mass is 10.2. The molecule has 2 amide bonds. The molecule has 0 saturated heterocycles. The topological polar surface area (TPSA) is 40.6 Å². The smallest absolute Gasteiger partial charge is 0.242 e. The highest BCUT2D eigenvalue weighted by molar-refractivity contribution is 7.09. The zero-order valence-electron chi connectivity index (χ0n) is 15.2. The van der Waals surface area contributed by atoms with E-state index in [1.165, 1.54) is 0 Å². The molecule has 2 rings (SSSR count). The third-order valence-electron chi connectivity index (χ3n) is 4.36. The van der Waals surface area contributed by atoms with Gasteiger partial charge in [0.2, 0.25) is 11.8 Å². The Bertz CT molecular complexity index is 691. The summed E-state index contributed by atoms with van der Waals surface area (Å²) in [5.74, 6) is -0.382. The number of alkyl halides is 1. The van der Waals surface area contributed by atoms with E-state index in [0.29, 0.717) is 13.1 Å². The largest absolute Gasteiger partial charge is 0.332 e. The first kappa shape index (κ1) is 20.5. The van der Waals surface area contributed by atoms with E-state index in [0.717, 1.165) is 16.9 Å². The number of halogens is 1. The third-order valence-corrected chi connectivity index (χ3v) is 5.45. The second-order valence-electron chi connectivity index (χ2n) is 6.23. The Morgan fingerprint density at radius 2 is 1.81 bits per heavy atom. The number of hydrogen-bond acceptors (Lipinski definition) is 3. The molecule has 2 aromatic rings. The fraction of sp³-hybridized carbons (Fsp3) is 0.400. The summed E-state index contributed by atoms with van der Waals surface area (Å²) in [6.45, 7) is 5.05. The maximum atomic E-state index is 13.0. The number of carbonyl (C=O) groups is 2. The quantitative estimate of drug-likeness (QED) is 0.601. The van der Waals surface area contributed by atoms with Crippen LogP contribution >= 0.6 is 22.9 Å². The molecule has 6 heteroatoms. The molecule has 4 nitrogen and oxygen atoms in total. The molecule has 140 valence electrons. The molecule has 0 saturated carbocycles. The van der Waals surface area contributed by atoms with Gasteiger partial charge < -0.3 is 9.80 Å². The van der Waals surface area contributed by atoms with Gasteiger partial charge >= 0.3 is 0 Å². The fourth-order valence-corrected chi connectivity index (χ4v) is 3.53. The summed E-state index contributed by atoms with van der Waals surface area (Å²) in [5, 5.41) is 2.00. The van der Waals surface area contributed by atoms with Gasteiger partial charge in [0.05, 0.1) is 6.54 Å². The molecule has 0 radical (unpaired) electrons. The second-order valence-corrected chi connectivity index (χ2v) is 7.53. The monoisotopic (exact) mass is 392 g/mol. The zero-order valence-corrected chi connectivity index (χ0v) is 16.8. The molecule has 1 atom stereocenters. The summed E-state index contributed by atoms with van der Waals surface area (Å²) >= 11 is 7.37. The number of rotatable bonds is 9. The molecule has 0 aliphatic carbocycles. The Morgan fingerprint density at radius 3 is 2.38 bits per heavy atom.